The van der Waals surface area contributed by atoms with E-state index in [1.807, 2.05) is 17.9 Å². The van der Waals surface area contributed by atoms with Crippen LogP contribution in [-0.4, -0.2) is 16.3 Å². The molecule has 1 heterocycles. The molecule has 0 saturated heterocycles. The van der Waals surface area contributed by atoms with Crippen LogP contribution in [0.25, 0.3) is 0 Å². The Morgan fingerprint density at radius 2 is 2.23 bits per heavy atom. The molecule has 0 atom stereocenters. The number of nitrogens with zero attached hydrogens (tertiary/aromatic N) is 2. The predicted molar refractivity (Wildman–Crippen MR) is 55.9 cm³/mol. The lowest BCUT2D eigenvalue weighted by molar-refractivity contribution is 0.688. The van der Waals surface area contributed by atoms with Gasteiger partial charge in [0, 0.05) is 19.8 Å². The maximum Gasteiger partial charge on any atom is 0.0853 e. The lowest BCUT2D eigenvalue weighted by atomic mass is 10.2. The molecule has 3 heteroatoms. The van der Waals surface area contributed by atoms with Crippen LogP contribution in [0, 0.1) is 5.92 Å². The minimum Gasteiger partial charge on any atom is -0.382 e. The van der Waals surface area contributed by atoms with Gasteiger partial charge in [-0.1, -0.05) is 20.8 Å². The molecule has 0 radical (unpaired) electrons. The zero-order chi connectivity index (χ0) is 9.84. The quantitative estimate of drug-likeness (QED) is 0.770. The van der Waals surface area contributed by atoms with Gasteiger partial charge in [-0.25, -0.2) is 0 Å². The van der Waals surface area contributed by atoms with Crippen molar-refractivity contribution in [3.05, 3.63) is 11.9 Å². The van der Waals surface area contributed by atoms with Crippen LogP contribution in [0.5, 0.6) is 0 Å². The zero-order valence-electron chi connectivity index (χ0n) is 8.96. The molecule has 74 valence electrons. The van der Waals surface area contributed by atoms with E-state index < -0.39 is 0 Å². The third kappa shape index (κ3) is 2.76. The van der Waals surface area contributed by atoms with Crippen LogP contribution in [-0.2, 0) is 13.5 Å². The molecule has 0 fully saturated rings. The van der Waals surface area contributed by atoms with Crippen molar-refractivity contribution >= 4 is 5.69 Å². The molecule has 0 aliphatic heterocycles. The first-order valence-electron chi connectivity index (χ1n) is 4.89. The van der Waals surface area contributed by atoms with Crippen LogP contribution in [0.1, 0.15) is 26.5 Å². The molecule has 0 aliphatic carbocycles. The monoisotopic (exact) mass is 181 g/mol. The third-order valence-electron chi connectivity index (χ3n) is 1.94. The molecule has 13 heavy (non-hydrogen) atoms. The second kappa shape index (κ2) is 4.30. The van der Waals surface area contributed by atoms with Crippen molar-refractivity contribution in [3.63, 3.8) is 0 Å². The van der Waals surface area contributed by atoms with Gasteiger partial charge in [-0.05, 0) is 12.3 Å². The zero-order valence-corrected chi connectivity index (χ0v) is 8.96. The van der Waals surface area contributed by atoms with Gasteiger partial charge in [0.1, 0.15) is 0 Å². The van der Waals surface area contributed by atoms with Crippen LogP contribution in [0.4, 0.5) is 5.69 Å². The molecule has 0 aliphatic rings. The molecule has 0 saturated carbocycles. The lowest BCUT2D eigenvalue weighted by Gasteiger charge is -2.07. The van der Waals surface area contributed by atoms with E-state index in [0.29, 0.717) is 5.92 Å². The van der Waals surface area contributed by atoms with E-state index in [9.17, 15) is 0 Å². The predicted octanol–water partition coefficient (Wildman–Crippen LogP) is 2.05. The summed E-state index contributed by atoms with van der Waals surface area (Å²) in [4.78, 5) is 0. The first-order valence-corrected chi connectivity index (χ1v) is 4.89. The first-order chi connectivity index (χ1) is 6.13. The van der Waals surface area contributed by atoms with E-state index in [1.54, 1.807) is 0 Å². The Morgan fingerprint density at radius 3 is 2.77 bits per heavy atom. The van der Waals surface area contributed by atoms with Gasteiger partial charge in [0.2, 0.25) is 0 Å². The van der Waals surface area contributed by atoms with Crippen molar-refractivity contribution < 1.29 is 0 Å². The van der Waals surface area contributed by atoms with Crippen LogP contribution >= 0.6 is 0 Å². The molecule has 0 aromatic carbocycles. The number of hydrogen-bond acceptors (Lipinski definition) is 2. The van der Waals surface area contributed by atoms with E-state index in [4.69, 9.17) is 0 Å². The van der Waals surface area contributed by atoms with E-state index >= 15 is 0 Å². The Bertz CT molecular complexity index is 263. The summed E-state index contributed by atoms with van der Waals surface area (Å²) in [7, 11) is 1.96. The summed E-state index contributed by atoms with van der Waals surface area (Å²) in [6, 6.07) is 0. The van der Waals surface area contributed by atoms with Crippen molar-refractivity contribution in [1.82, 2.24) is 9.78 Å². The summed E-state index contributed by atoms with van der Waals surface area (Å²) < 4.78 is 1.86. The number of hydrogen-bond donors (Lipinski definition) is 1. The molecule has 1 rings (SSSR count). The second-order valence-electron chi connectivity index (χ2n) is 3.79. The fourth-order valence-corrected chi connectivity index (χ4v) is 1.26. The van der Waals surface area contributed by atoms with E-state index in [0.717, 1.165) is 18.7 Å². The maximum absolute atomic E-state index is 4.36. The number of rotatable bonds is 4. The topological polar surface area (TPSA) is 29.9 Å². The van der Waals surface area contributed by atoms with Crippen LogP contribution in [0.3, 0.4) is 0 Å². The van der Waals surface area contributed by atoms with Crippen LogP contribution in [0.15, 0.2) is 6.20 Å². The fourth-order valence-electron chi connectivity index (χ4n) is 1.26. The highest BCUT2D eigenvalue weighted by Crippen LogP contribution is 2.13. The van der Waals surface area contributed by atoms with Gasteiger partial charge in [-0.15, -0.1) is 0 Å². The molecule has 0 spiro atoms. The summed E-state index contributed by atoms with van der Waals surface area (Å²) >= 11 is 0. The Kier molecular flexibility index (Phi) is 3.34. The minimum absolute atomic E-state index is 0.671. The van der Waals surface area contributed by atoms with Gasteiger partial charge >= 0.3 is 0 Å². The Balaban J connectivity index is 2.64. The van der Waals surface area contributed by atoms with Crippen molar-refractivity contribution in [2.75, 3.05) is 11.9 Å². The smallest absolute Gasteiger partial charge is 0.0853 e. The van der Waals surface area contributed by atoms with Gasteiger partial charge in [0.15, 0.2) is 0 Å². The second-order valence-corrected chi connectivity index (χ2v) is 3.79. The Morgan fingerprint density at radius 1 is 1.54 bits per heavy atom. The Hall–Kier alpha value is -0.990. The largest absolute Gasteiger partial charge is 0.382 e. The number of aromatic nitrogens is 2. The summed E-state index contributed by atoms with van der Waals surface area (Å²) in [6.07, 6.45) is 3.03. The third-order valence-corrected chi connectivity index (χ3v) is 1.94. The Labute approximate surface area is 80.1 Å². The van der Waals surface area contributed by atoms with Crippen LogP contribution in [0.2, 0.25) is 0 Å². The molecular formula is C10H19N3. The summed E-state index contributed by atoms with van der Waals surface area (Å²) in [5.74, 6) is 0.671. The molecule has 1 aromatic rings. The molecule has 1 N–H and O–H groups in total. The van der Waals surface area contributed by atoms with Gasteiger partial charge in [0.25, 0.3) is 0 Å². The molecule has 0 bridgehead atoms. The van der Waals surface area contributed by atoms with Crippen molar-refractivity contribution in [2.24, 2.45) is 13.0 Å². The normalized spacial score (nSPS) is 10.8. The average molecular weight is 181 g/mol. The van der Waals surface area contributed by atoms with Gasteiger partial charge in [0.05, 0.1) is 11.4 Å². The van der Waals surface area contributed by atoms with E-state index in [-0.39, 0.29) is 0 Å². The maximum atomic E-state index is 4.36. The standard InChI is InChI=1S/C10H19N3/c1-5-9-10(7-13(4)12-9)11-6-8(2)3/h7-8,11H,5-6H2,1-4H3. The van der Waals surface area contributed by atoms with E-state index in [2.05, 4.69) is 31.2 Å². The minimum atomic E-state index is 0.671. The SMILES string of the molecule is CCc1nn(C)cc1NCC(C)C. The number of aryl methyl sites for hydroxylation is 2. The summed E-state index contributed by atoms with van der Waals surface area (Å²) in [5.41, 5.74) is 2.34. The average Bonchev–Trinajstić information content (AvgIpc) is 2.42. The van der Waals surface area contributed by atoms with Crippen molar-refractivity contribution in [1.29, 1.82) is 0 Å². The number of anilines is 1. The van der Waals surface area contributed by atoms with Crippen LogP contribution < -0.4 is 5.32 Å². The van der Waals surface area contributed by atoms with Crippen molar-refractivity contribution in [3.8, 4) is 0 Å². The molecule has 3 nitrogen and oxygen atoms in total. The van der Waals surface area contributed by atoms with E-state index in [1.165, 1.54) is 5.69 Å². The van der Waals surface area contributed by atoms with Gasteiger partial charge in [-0.3, -0.25) is 4.68 Å². The first kappa shape index (κ1) is 10.1. The van der Waals surface area contributed by atoms with Gasteiger partial charge < -0.3 is 5.32 Å². The molecule has 0 amide bonds. The van der Waals surface area contributed by atoms with Crippen molar-refractivity contribution in [2.45, 2.75) is 27.2 Å². The molecule has 0 unspecified atom stereocenters. The van der Waals surface area contributed by atoms with Gasteiger partial charge in [-0.2, -0.15) is 5.10 Å². The highest BCUT2D eigenvalue weighted by Gasteiger charge is 2.04. The molecule has 1 aromatic heterocycles. The number of nitrogens with one attached hydrogen (secondary N) is 1. The summed E-state index contributed by atoms with van der Waals surface area (Å²) in [6.45, 7) is 7.55. The molecular weight excluding hydrogens is 162 g/mol. The lowest BCUT2D eigenvalue weighted by Crippen LogP contribution is -2.08. The summed E-state index contributed by atoms with van der Waals surface area (Å²) in [5, 5.41) is 7.76. The highest BCUT2D eigenvalue weighted by molar-refractivity contribution is 5.46. The fraction of sp³-hybridized carbons (Fsp3) is 0.700. The highest BCUT2D eigenvalue weighted by atomic mass is 15.3.